The number of unbranched alkanes of at least 4 members (excludes halogenated alkanes) is 1. The van der Waals surface area contributed by atoms with Crippen LogP contribution in [0.15, 0.2) is 53.0 Å². The van der Waals surface area contributed by atoms with Crippen LogP contribution in [0.3, 0.4) is 0 Å². The van der Waals surface area contributed by atoms with E-state index in [0.29, 0.717) is 41.7 Å². The molecule has 10 heteroatoms. The number of carbonyl (C=O) groups excluding carboxylic acids is 1. The third-order valence-corrected chi connectivity index (χ3v) is 8.34. The van der Waals surface area contributed by atoms with E-state index in [2.05, 4.69) is 37.8 Å². The van der Waals surface area contributed by atoms with Gasteiger partial charge in [-0.25, -0.2) is 4.39 Å². The molecular weight excluding hydrogens is 543 g/mol. The highest BCUT2D eigenvalue weighted by molar-refractivity contribution is 6.31. The van der Waals surface area contributed by atoms with Gasteiger partial charge in [0.15, 0.2) is 5.82 Å². The average Bonchev–Trinajstić information content (AvgIpc) is 3.30. The average molecular weight is 581 g/mol. The van der Waals surface area contributed by atoms with Gasteiger partial charge in [0.1, 0.15) is 23.9 Å². The number of anilines is 1. The molecular formula is C31H38ClFN6O2. The van der Waals surface area contributed by atoms with Crippen LogP contribution in [0.2, 0.25) is 0 Å². The number of aryl methyl sites for hydroxylation is 1. The zero-order chi connectivity index (χ0) is 28.8. The van der Waals surface area contributed by atoms with Crippen molar-refractivity contribution in [1.82, 2.24) is 25.4 Å². The number of amides is 1. The number of benzene rings is 1. The second kappa shape index (κ2) is 13.5. The lowest BCUT2D eigenvalue weighted by Crippen LogP contribution is -2.30. The Morgan fingerprint density at radius 3 is 2.85 bits per heavy atom. The van der Waals surface area contributed by atoms with E-state index in [1.165, 1.54) is 44.5 Å². The van der Waals surface area contributed by atoms with Gasteiger partial charge < -0.3 is 25.3 Å². The van der Waals surface area contributed by atoms with E-state index in [1.807, 2.05) is 19.1 Å². The van der Waals surface area contributed by atoms with E-state index in [4.69, 9.17) is 16.3 Å². The van der Waals surface area contributed by atoms with Crippen LogP contribution in [0.4, 0.5) is 10.2 Å². The number of fused-ring (bicyclic) bond motifs is 1. The minimum Gasteiger partial charge on any atom is -0.492 e. The molecule has 3 N–H and O–H groups in total. The van der Waals surface area contributed by atoms with Crippen LogP contribution in [0, 0.1) is 18.7 Å². The van der Waals surface area contributed by atoms with Crippen molar-refractivity contribution in [3.05, 3.63) is 75.7 Å². The molecule has 1 aromatic carbocycles. The van der Waals surface area contributed by atoms with Gasteiger partial charge in [-0.2, -0.15) is 5.10 Å². The van der Waals surface area contributed by atoms with Crippen molar-refractivity contribution in [3.8, 4) is 0 Å². The van der Waals surface area contributed by atoms with Crippen LogP contribution < -0.4 is 10.6 Å². The molecule has 2 aliphatic rings. The van der Waals surface area contributed by atoms with E-state index < -0.39 is 0 Å². The maximum absolute atomic E-state index is 13.5. The van der Waals surface area contributed by atoms with Crippen molar-refractivity contribution < 1.29 is 13.9 Å². The normalized spacial score (nSPS) is 16.6. The molecule has 0 unspecified atom stereocenters. The predicted molar refractivity (Wildman–Crippen MR) is 160 cm³/mol. The Morgan fingerprint density at radius 2 is 2.07 bits per heavy atom. The zero-order valence-electron chi connectivity index (χ0n) is 23.7. The monoisotopic (exact) mass is 580 g/mol. The highest BCUT2D eigenvalue weighted by atomic mass is 35.5. The van der Waals surface area contributed by atoms with Gasteiger partial charge in [-0.3, -0.25) is 4.79 Å². The quantitative estimate of drug-likeness (QED) is 0.227. The number of carbonyl (C=O) groups is 1. The lowest BCUT2D eigenvalue weighted by molar-refractivity contribution is 0.0948. The smallest absolute Gasteiger partial charge is 0.268 e. The van der Waals surface area contributed by atoms with Gasteiger partial charge >= 0.3 is 0 Å². The SMILES string of the molecule is Cc1c(C(=O)NCCCCC2CCN(C)CC2)[nH]c2cnnc(NC3=CC(Cl)=C(OCc4cccc(F)c4)CC3)c12. The summed E-state index contributed by atoms with van der Waals surface area (Å²) in [6.07, 6.45) is 10.6. The molecule has 0 radical (unpaired) electrons. The van der Waals surface area contributed by atoms with Crippen LogP contribution in [0.5, 0.6) is 0 Å². The molecule has 0 atom stereocenters. The summed E-state index contributed by atoms with van der Waals surface area (Å²) < 4.78 is 19.3. The van der Waals surface area contributed by atoms with Gasteiger partial charge in [0.05, 0.1) is 16.7 Å². The lowest BCUT2D eigenvalue weighted by Gasteiger charge is -2.28. The molecule has 1 saturated heterocycles. The zero-order valence-corrected chi connectivity index (χ0v) is 24.5. The summed E-state index contributed by atoms with van der Waals surface area (Å²) >= 11 is 6.52. The van der Waals surface area contributed by atoms with Crippen LogP contribution in [-0.2, 0) is 11.3 Å². The summed E-state index contributed by atoms with van der Waals surface area (Å²) in [5.41, 5.74) is 3.69. The fraction of sp³-hybridized carbons (Fsp3) is 0.452. The van der Waals surface area contributed by atoms with Crippen molar-refractivity contribution in [2.45, 2.75) is 58.5 Å². The van der Waals surface area contributed by atoms with E-state index in [9.17, 15) is 9.18 Å². The van der Waals surface area contributed by atoms with Crippen LogP contribution in [0.25, 0.3) is 10.9 Å². The number of H-pyrrole nitrogens is 1. The lowest BCUT2D eigenvalue weighted by atomic mass is 9.92. The summed E-state index contributed by atoms with van der Waals surface area (Å²) in [5.74, 6) is 1.62. The minimum absolute atomic E-state index is 0.119. The molecule has 1 aliphatic carbocycles. The Hall–Kier alpha value is -3.43. The Morgan fingerprint density at radius 1 is 1.24 bits per heavy atom. The molecule has 0 spiro atoms. The Balaban J connectivity index is 1.18. The van der Waals surface area contributed by atoms with E-state index >= 15 is 0 Å². The maximum atomic E-state index is 13.5. The Labute approximate surface area is 245 Å². The van der Waals surface area contributed by atoms with Crippen molar-refractivity contribution >= 4 is 34.2 Å². The molecule has 41 heavy (non-hydrogen) atoms. The Bertz CT molecular complexity index is 1440. The number of halogens is 2. The minimum atomic E-state index is -0.296. The van der Waals surface area contributed by atoms with Crippen LogP contribution in [0.1, 0.15) is 66.6 Å². The van der Waals surface area contributed by atoms with Crippen molar-refractivity contribution in [2.24, 2.45) is 5.92 Å². The molecule has 8 nitrogen and oxygen atoms in total. The second-order valence-electron chi connectivity index (χ2n) is 11.1. The fourth-order valence-corrected chi connectivity index (χ4v) is 5.87. The first-order valence-electron chi connectivity index (χ1n) is 14.4. The third kappa shape index (κ3) is 7.45. The molecule has 3 heterocycles. The number of nitrogens with one attached hydrogen (secondary N) is 3. The Kier molecular flexibility index (Phi) is 9.57. The van der Waals surface area contributed by atoms with Gasteiger partial charge in [-0.1, -0.05) is 36.6 Å². The molecule has 1 fully saturated rings. The van der Waals surface area contributed by atoms with Gasteiger partial charge in [0, 0.05) is 24.0 Å². The number of likely N-dealkylation sites (tertiary alicyclic amines) is 1. The number of aromatic amines is 1. The number of ether oxygens (including phenoxy) is 1. The number of piperidine rings is 1. The molecule has 218 valence electrons. The summed E-state index contributed by atoms with van der Waals surface area (Å²) in [6.45, 7) is 5.20. The van der Waals surface area contributed by atoms with E-state index in [-0.39, 0.29) is 18.3 Å². The molecule has 0 bridgehead atoms. The summed E-state index contributed by atoms with van der Waals surface area (Å²) in [7, 11) is 2.19. The maximum Gasteiger partial charge on any atom is 0.268 e. The van der Waals surface area contributed by atoms with Gasteiger partial charge in [-0.05, 0) is 88.0 Å². The van der Waals surface area contributed by atoms with Crippen molar-refractivity contribution in [1.29, 1.82) is 0 Å². The number of rotatable bonds is 11. The molecule has 3 aromatic rings. The molecule has 1 aliphatic heterocycles. The second-order valence-corrected chi connectivity index (χ2v) is 11.5. The molecule has 1 amide bonds. The predicted octanol–water partition coefficient (Wildman–Crippen LogP) is 6.40. The summed E-state index contributed by atoms with van der Waals surface area (Å²) in [6, 6.07) is 6.32. The van der Waals surface area contributed by atoms with E-state index in [0.717, 1.165) is 46.5 Å². The highest BCUT2D eigenvalue weighted by Gasteiger charge is 2.21. The summed E-state index contributed by atoms with van der Waals surface area (Å²) in [4.78, 5) is 18.6. The van der Waals surface area contributed by atoms with Crippen LogP contribution in [-0.4, -0.2) is 52.7 Å². The molecule has 0 saturated carbocycles. The van der Waals surface area contributed by atoms with Gasteiger partial charge in [0.25, 0.3) is 5.91 Å². The van der Waals surface area contributed by atoms with Crippen molar-refractivity contribution in [2.75, 3.05) is 32.0 Å². The number of nitrogens with zero attached hydrogens (tertiary/aromatic N) is 3. The van der Waals surface area contributed by atoms with Crippen molar-refractivity contribution in [3.63, 3.8) is 0 Å². The first-order valence-corrected chi connectivity index (χ1v) is 14.8. The van der Waals surface area contributed by atoms with E-state index in [1.54, 1.807) is 12.3 Å². The third-order valence-electron chi connectivity index (χ3n) is 8.02. The topological polar surface area (TPSA) is 95.2 Å². The molecule has 2 aromatic heterocycles. The number of hydrogen-bond donors (Lipinski definition) is 3. The largest absolute Gasteiger partial charge is 0.492 e. The first kappa shape index (κ1) is 29.1. The van der Waals surface area contributed by atoms with Gasteiger partial charge in [-0.15, -0.1) is 5.10 Å². The summed E-state index contributed by atoms with van der Waals surface area (Å²) in [5, 5.41) is 16.2. The fourth-order valence-electron chi connectivity index (χ4n) is 5.59. The van der Waals surface area contributed by atoms with Gasteiger partial charge in [0.2, 0.25) is 0 Å². The van der Waals surface area contributed by atoms with Crippen LogP contribution >= 0.6 is 11.6 Å². The molecule has 5 rings (SSSR count). The number of hydrogen-bond acceptors (Lipinski definition) is 6. The standard InChI is InChI=1S/C31H38ClFN6O2/c1-20-28-26(37-29(20)31(40)34-13-4-3-6-21-11-14-39(2)15-12-21)18-35-38-30(28)36-24-9-10-27(25(32)17-24)41-19-22-7-5-8-23(33)16-22/h5,7-8,16-18,21,37H,3-4,6,9-15,19H2,1-2H3,(H,34,40)(H,36,38). The first-order chi connectivity index (χ1) is 19.9. The number of aromatic nitrogens is 3. The highest BCUT2D eigenvalue weighted by Crippen LogP contribution is 2.32. The number of allylic oxidation sites excluding steroid dienone is 4.